The summed E-state index contributed by atoms with van der Waals surface area (Å²) in [4.78, 5) is 16.2. The first kappa shape index (κ1) is 19.3. The van der Waals surface area contributed by atoms with Crippen molar-refractivity contribution in [1.82, 2.24) is 5.01 Å². The van der Waals surface area contributed by atoms with Crippen molar-refractivity contribution >= 4 is 17.1 Å². The van der Waals surface area contributed by atoms with Crippen LogP contribution in [-0.4, -0.2) is 46.8 Å². The Hall–Kier alpha value is -3.62. The third-order valence-corrected chi connectivity index (χ3v) is 5.73. The molecule has 0 fully saturated rings. The van der Waals surface area contributed by atoms with Gasteiger partial charge in [-0.2, -0.15) is 5.10 Å². The fraction of sp³-hybridized carbons (Fsp3) is 0.364. The number of hydrazone groups is 1. The molecule has 0 amide bonds. The Labute approximate surface area is 179 Å². The van der Waals surface area contributed by atoms with E-state index in [-0.39, 0.29) is 24.6 Å². The molecule has 0 bridgehead atoms. The van der Waals surface area contributed by atoms with Crippen molar-refractivity contribution in [3.63, 3.8) is 0 Å². The second-order valence-corrected chi connectivity index (χ2v) is 8.05. The van der Waals surface area contributed by atoms with Crippen molar-refractivity contribution in [3.05, 3.63) is 63.2 Å². The maximum atomic E-state index is 11.1. The maximum absolute atomic E-state index is 11.1. The molecule has 3 heterocycles. The first-order chi connectivity index (χ1) is 15.0. The molecule has 2 unspecified atom stereocenters. The van der Waals surface area contributed by atoms with E-state index in [1.165, 1.54) is 12.1 Å². The topological polar surface area (TPSA) is 98.8 Å². The molecule has 0 radical (unpaired) electrons. The van der Waals surface area contributed by atoms with Gasteiger partial charge >= 0.3 is 0 Å². The van der Waals surface area contributed by atoms with Gasteiger partial charge in [-0.25, -0.2) is 0 Å². The molecule has 0 aliphatic carbocycles. The number of fused-ring (bicyclic) bond motifs is 2. The average molecular weight is 422 g/mol. The number of non-ortho nitro benzene ring substituents is 1. The summed E-state index contributed by atoms with van der Waals surface area (Å²) in [6, 6.07) is 10.5. The van der Waals surface area contributed by atoms with E-state index in [1.54, 1.807) is 12.1 Å². The molecule has 0 aromatic heterocycles. The van der Waals surface area contributed by atoms with Crippen molar-refractivity contribution < 1.29 is 19.2 Å². The zero-order valence-corrected chi connectivity index (χ0v) is 17.3. The number of nitrogens with zero attached hydrogens (tertiary/aromatic N) is 4. The Morgan fingerprint density at radius 3 is 2.58 bits per heavy atom. The van der Waals surface area contributed by atoms with Crippen molar-refractivity contribution in [2.75, 3.05) is 13.3 Å². The molecular weight excluding hydrogens is 400 g/mol. The highest BCUT2D eigenvalue weighted by Gasteiger charge is 2.30. The van der Waals surface area contributed by atoms with Crippen LogP contribution in [0.2, 0.25) is 0 Å². The molecule has 0 spiro atoms. The van der Waals surface area contributed by atoms with Gasteiger partial charge in [-0.05, 0) is 50.1 Å². The summed E-state index contributed by atoms with van der Waals surface area (Å²) in [5.41, 5.74) is 4.58. The SMILES string of the molecule is CC1=NOC(CN2N=C(c3ccc([N+](=O)[O-])cc3)c3cc4c(cc3CC2C)OCO4)C1. The molecular formula is C22H22N4O5. The van der Waals surface area contributed by atoms with E-state index in [0.717, 1.165) is 46.7 Å². The zero-order chi connectivity index (χ0) is 21.5. The minimum absolute atomic E-state index is 0.0427. The molecule has 9 heteroatoms. The lowest BCUT2D eigenvalue weighted by Gasteiger charge is -2.27. The number of oxime groups is 1. The molecule has 0 N–H and O–H groups in total. The van der Waals surface area contributed by atoms with Gasteiger partial charge in [0, 0.05) is 35.7 Å². The summed E-state index contributed by atoms with van der Waals surface area (Å²) in [5.74, 6) is 1.41. The number of benzene rings is 2. The van der Waals surface area contributed by atoms with Crippen LogP contribution in [0.3, 0.4) is 0 Å². The molecule has 31 heavy (non-hydrogen) atoms. The van der Waals surface area contributed by atoms with Gasteiger partial charge in [0.25, 0.3) is 5.69 Å². The highest BCUT2D eigenvalue weighted by molar-refractivity contribution is 6.14. The Morgan fingerprint density at radius 2 is 1.90 bits per heavy atom. The predicted octanol–water partition coefficient (Wildman–Crippen LogP) is 3.49. The zero-order valence-electron chi connectivity index (χ0n) is 17.3. The minimum Gasteiger partial charge on any atom is -0.454 e. The first-order valence-electron chi connectivity index (χ1n) is 10.2. The maximum Gasteiger partial charge on any atom is 0.269 e. The fourth-order valence-electron chi connectivity index (χ4n) is 4.13. The summed E-state index contributed by atoms with van der Waals surface area (Å²) in [6.45, 7) is 4.87. The summed E-state index contributed by atoms with van der Waals surface area (Å²) in [5, 5.41) is 22.2. The Bertz CT molecular complexity index is 1100. The first-order valence-corrected chi connectivity index (χ1v) is 10.2. The predicted molar refractivity (Wildman–Crippen MR) is 114 cm³/mol. The third kappa shape index (κ3) is 3.67. The highest BCUT2D eigenvalue weighted by atomic mass is 16.7. The van der Waals surface area contributed by atoms with Gasteiger partial charge in [-0.1, -0.05) is 5.16 Å². The van der Waals surface area contributed by atoms with Crippen LogP contribution in [0.5, 0.6) is 11.5 Å². The van der Waals surface area contributed by atoms with Crippen LogP contribution in [0.1, 0.15) is 37.0 Å². The number of nitro benzene ring substituents is 1. The quantitative estimate of drug-likeness (QED) is 0.553. The van der Waals surface area contributed by atoms with Crippen LogP contribution in [-0.2, 0) is 11.3 Å². The van der Waals surface area contributed by atoms with Gasteiger partial charge in [0.2, 0.25) is 6.79 Å². The molecule has 0 saturated carbocycles. The Morgan fingerprint density at radius 1 is 1.16 bits per heavy atom. The van der Waals surface area contributed by atoms with Gasteiger partial charge in [-0.3, -0.25) is 15.1 Å². The number of hydrogen-bond acceptors (Lipinski definition) is 8. The smallest absolute Gasteiger partial charge is 0.269 e. The van der Waals surface area contributed by atoms with Crippen molar-refractivity contribution in [1.29, 1.82) is 0 Å². The van der Waals surface area contributed by atoms with E-state index in [0.29, 0.717) is 12.3 Å². The van der Waals surface area contributed by atoms with E-state index >= 15 is 0 Å². The summed E-state index contributed by atoms with van der Waals surface area (Å²) in [6.07, 6.45) is 1.48. The molecule has 2 aromatic carbocycles. The van der Waals surface area contributed by atoms with Crippen molar-refractivity contribution in [2.45, 2.75) is 38.8 Å². The van der Waals surface area contributed by atoms with Crippen LogP contribution in [0.25, 0.3) is 0 Å². The second kappa shape index (κ2) is 7.57. The Balaban J connectivity index is 1.57. The third-order valence-electron chi connectivity index (χ3n) is 5.73. The number of rotatable bonds is 4. The highest BCUT2D eigenvalue weighted by Crippen LogP contribution is 2.38. The molecule has 0 saturated heterocycles. The monoisotopic (exact) mass is 422 g/mol. The van der Waals surface area contributed by atoms with Gasteiger partial charge in [0.15, 0.2) is 17.6 Å². The summed E-state index contributed by atoms with van der Waals surface area (Å²) >= 11 is 0. The second-order valence-electron chi connectivity index (χ2n) is 8.05. The van der Waals surface area contributed by atoms with Crippen molar-refractivity contribution in [2.24, 2.45) is 10.3 Å². The van der Waals surface area contributed by atoms with Gasteiger partial charge < -0.3 is 14.3 Å². The normalized spacial score (nSPS) is 21.7. The molecule has 9 nitrogen and oxygen atoms in total. The standard InChI is InChI=1S/C22H22N4O5/c1-13-7-18(31-24-13)11-25-14(2)8-16-9-20-21(30-12-29-20)10-19(16)22(23-25)15-3-5-17(6-4-15)26(27)28/h3-6,9-10,14,18H,7-8,11-12H2,1-2H3. The van der Waals surface area contributed by atoms with Crippen LogP contribution < -0.4 is 9.47 Å². The lowest BCUT2D eigenvalue weighted by Crippen LogP contribution is -2.36. The van der Waals surface area contributed by atoms with Gasteiger partial charge in [0.1, 0.15) is 0 Å². The fourth-order valence-corrected chi connectivity index (χ4v) is 4.13. The lowest BCUT2D eigenvalue weighted by molar-refractivity contribution is -0.384. The van der Waals surface area contributed by atoms with E-state index < -0.39 is 4.92 Å². The molecule has 3 aliphatic heterocycles. The lowest BCUT2D eigenvalue weighted by atomic mass is 9.94. The average Bonchev–Trinajstić information content (AvgIpc) is 3.35. The number of nitro groups is 1. The largest absolute Gasteiger partial charge is 0.454 e. The molecule has 2 atom stereocenters. The van der Waals surface area contributed by atoms with Crippen molar-refractivity contribution in [3.8, 4) is 11.5 Å². The molecule has 3 aliphatic rings. The summed E-state index contributed by atoms with van der Waals surface area (Å²) in [7, 11) is 0. The minimum atomic E-state index is -0.404. The molecule has 2 aromatic rings. The van der Waals surface area contributed by atoms with Crippen LogP contribution >= 0.6 is 0 Å². The van der Waals surface area contributed by atoms with Gasteiger partial charge in [-0.15, -0.1) is 0 Å². The number of hydrogen-bond donors (Lipinski definition) is 0. The van der Waals surface area contributed by atoms with E-state index in [9.17, 15) is 10.1 Å². The van der Waals surface area contributed by atoms with Gasteiger partial charge in [0.05, 0.1) is 22.9 Å². The Kier molecular flexibility index (Phi) is 4.72. The molecule has 160 valence electrons. The van der Waals surface area contributed by atoms with E-state index in [1.807, 2.05) is 24.1 Å². The number of ether oxygens (including phenoxy) is 2. The van der Waals surface area contributed by atoms with E-state index in [2.05, 4.69) is 12.1 Å². The van der Waals surface area contributed by atoms with E-state index in [4.69, 9.17) is 19.4 Å². The molecule has 5 rings (SSSR count). The summed E-state index contributed by atoms with van der Waals surface area (Å²) < 4.78 is 11.2. The van der Waals surface area contributed by atoms with Crippen LogP contribution in [0.15, 0.2) is 46.7 Å². The van der Waals surface area contributed by atoms with Crippen LogP contribution in [0, 0.1) is 10.1 Å². The van der Waals surface area contributed by atoms with Crippen LogP contribution in [0.4, 0.5) is 5.69 Å².